The highest BCUT2D eigenvalue weighted by Gasteiger charge is 2.09. The first-order valence-corrected chi connectivity index (χ1v) is 6.57. The number of benzene rings is 1. The predicted molar refractivity (Wildman–Crippen MR) is 76.3 cm³/mol. The van der Waals surface area contributed by atoms with E-state index in [4.69, 9.17) is 39.5 Å². The Balaban J connectivity index is 2.30. The lowest BCUT2D eigenvalue weighted by atomic mass is 10.3. The molecule has 0 aliphatic rings. The number of hydrogen-bond acceptors (Lipinski definition) is 3. The molecule has 0 aliphatic carbocycles. The standard InChI is InChI=1S/C10H4Cl3IN2O/c11-6-1-8(13)9(2-7(6)12)17-10-15-3-5(14)4-16-10/h1-4H. The van der Waals surface area contributed by atoms with E-state index in [0.717, 1.165) is 3.57 Å². The van der Waals surface area contributed by atoms with E-state index in [0.29, 0.717) is 20.8 Å². The summed E-state index contributed by atoms with van der Waals surface area (Å²) in [5, 5.41) is 1.07. The maximum absolute atomic E-state index is 5.96. The normalized spacial score (nSPS) is 10.4. The zero-order chi connectivity index (χ0) is 12.4. The number of ether oxygens (including phenoxy) is 1. The van der Waals surface area contributed by atoms with Gasteiger partial charge in [0.05, 0.1) is 15.1 Å². The summed E-state index contributed by atoms with van der Waals surface area (Å²) < 4.78 is 6.31. The monoisotopic (exact) mass is 400 g/mol. The van der Waals surface area contributed by atoms with Gasteiger partial charge in [-0.3, -0.25) is 0 Å². The maximum atomic E-state index is 5.96. The highest BCUT2D eigenvalue weighted by atomic mass is 127. The molecule has 0 fully saturated rings. The summed E-state index contributed by atoms with van der Waals surface area (Å²) in [5.41, 5.74) is 0. The van der Waals surface area contributed by atoms with E-state index >= 15 is 0 Å². The molecule has 0 N–H and O–H groups in total. The van der Waals surface area contributed by atoms with Crippen molar-refractivity contribution < 1.29 is 4.74 Å². The number of halogens is 4. The van der Waals surface area contributed by atoms with Gasteiger partial charge < -0.3 is 4.74 Å². The van der Waals surface area contributed by atoms with Gasteiger partial charge in [-0.15, -0.1) is 0 Å². The molecule has 88 valence electrons. The molecule has 0 bridgehead atoms. The van der Waals surface area contributed by atoms with Crippen LogP contribution in [0.1, 0.15) is 0 Å². The van der Waals surface area contributed by atoms with Gasteiger partial charge in [0.1, 0.15) is 0 Å². The molecule has 1 aromatic carbocycles. The van der Waals surface area contributed by atoms with Crippen molar-refractivity contribution in [2.24, 2.45) is 0 Å². The lowest BCUT2D eigenvalue weighted by Gasteiger charge is -2.06. The molecule has 0 atom stereocenters. The molecule has 1 heterocycles. The Morgan fingerprint density at radius 3 is 2.18 bits per heavy atom. The molecule has 0 saturated carbocycles. The minimum Gasteiger partial charge on any atom is -0.423 e. The average molecular weight is 401 g/mol. The van der Waals surface area contributed by atoms with Crippen molar-refractivity contribution in [3.8, 4) is 11.8 Å². The van der Waals surface area contributed by atoms with Gasteiger partial charge in [0.15, 0.2) is 5.75 Å². The molecule has 0 amide bonds. The molecule has 0 aliphatic heterocycles. The van der Waals surface area contributed by atoms with Gasteiger partial charge in [-0.1, -0.05) is 34.8 Å². The fourth-order valence-electron chi connectivity index (χ4n) is 1.03. The van der Waals surface area contributed by atoms with E-state index < -0.39 is 0 Å². The fraction of sp³-hybridized carbons (Fsp3) is 0. The Hall–Kier alpha value is -0.300. The van der Waals surface area contributed by atoms with Crippen molar-refractivity contribution in [3.63, 3.8) is 0 Å². The Morgan fingerprint density at radius 2 is 1.53 bits per heavy atom. The second-order valence-electron chi connectivity index (χ2n) is 2.98. The molecular weight excluding hydrogens is 397 g/mol. The summed E-state index contributed by atoms with van der Waals surface area (Å²) in [4.78, 5) is 7.98. The van der Waals surface area contributed by atoms with Crippen LogP contribution in [0, 0.1) is 3.57 Å². The van der Waals surface area contributed by atoms with Crippen LogP contribution in [0.15, 0.2) is 24.5 Å². The molecule has 7 heteroatoms. The quantitative estimate of drug-likeness (QED) is 0.534. The van der Waals surface area contributed by atoms with Crippen molar-refractivity contribution in [2.45, 2.75) is 0 Å². The molecule has 1 aromatic heterocycles. The van der Waals surface area contributed by atoms with Gasteiger partial charge >= 0.3 is 6.01 Å². The molecular formula is C10H4Cl3IN2O. The number of aromatic nitrogens is 2. The van der Waals surface area contributed by atoms with Gasteiger partial charge in [-0.25, -0.2) is 9.97 Å². The number of rotatable bonds is 2. The first-order chi connectivity index (χ1) is 8.06. The van der Waals surface area contributed by atoms with Crippen LogP contribution in [0.4, 0.5) is 0 Å². The third-order valence-corrected chi connectivity index (χ3v) is 3.35. The molecule has 3 nitrogen and oxygen atoms in total. The SMILES string of the molecule is Clc1cc(Cl)c(Oc2ncc(I)cn2)cc1Cl. The molecule has 2 aromatic rings. The largest absolute Gasteiger partial charge is 0.423 e. The number of nitrogens with zero attached hydrogens (tertiary/aromatic N) is 2. The van der Waals surface area contributed by atoms with Gasteiger partial charge in [-0.05, 0) is 28.7 Å². The summed E-state index contributed by atoms with van der Waals surface area (Å²) in [7, 11) is 0. The minimum atomic E-state index is 0.200. The Labute approximate surface area is 126 Å². The first kappa shape index (κ1) is 13.1. The highest BCUT2D eigenvalue weighted by Crippen LogP contribution is 2.35. The Morgan fingerprint density at radius 1 is 0.941 bits per heavy atom. The van der Waals surface area contributed by atoms with Crippen LogP contribution in [0.5, 0.6) is 11.8 Å². The van der Waals surface area contributed by atoms with Crippen LogP contribution in [-0.4, -0.2) is 9.97 Å². The lowest BCUT2D eigenvalue weighted by Crippen LogP contribution is -1.92. The second kappa shape index (κ2) is 5.56. The van der Waals surface area contributed by atoms with E-state index in [2.05, 4.69) is 32.6 Å². The molecule has 0 unspecified atom stereocenters. The van der Waals surface area contributed by atoms with Gasteiger partial charge in [0.2, 0.25) is 0 Å². The van der Waals surface area contributed by atoms with Crippen molar-refractivity contribution in [3.05, 3.63) is 43.2 Å². The van der Waals surface area contributed by atoms with Crippen LogP contribution in [0.3, 0.4) is 0 Å². The van der Waals surface area contributed by atoms with Gasteiger partial charge in [0, 0.05) is 22.0 Å². The van der Waals surface area contributed by atoms with E-state index in [9.17, 15) is 0 Å². The summed E-state index contributed by atoms with van der Waals surface area (Å²) in [6.45, 7) is 0. The van der Waals surface area contributed by atoms with E-state index in [-0.39, 0.29) is 6.01 Å². The summed E-state index contributed by atoms with van der Waals surface area (Å²) in [5.74, 6) is 0.363. The van der Waals surface area contributed by atoms with E-state index in [1.165, 1.54) is 12.1 Å². The van der Waals surface area contributed by atoms with Crippen molar-refractivity contribution in [2.75, 3.05) is 0 Å². The third-order valence-electron chi connectivity index (χ3n) is 1.77. The van der Waals surface area contributed by atoms with Crippen LogP contribution in [0.2, 0.25) is 15.1 Å². The Bertz CT molecular complexity index is 548. The minimum absolute atomic E-state index is 0.200. The topological polar surface area (TPSA) is 35.0 Å². The lowest BCUT2D eigenvalue weighted by molar-refractivity contribution is 0.441. The molecule has 0 radical (unpaired) electrons. The zero-order valence-electron chi connectivity index (χ0n) is 8.12. The summed E-state index contributed by atoms with van der Waals surface area (Å²) in [6, 6.07) is 3.23. The summed E-state index contributed by atoms with van der Waals surface area (Å²) >= 11 is 19.7. The average Bonchev–Trinajstić information content (AvgIpc) is 2.29. The predicted octanol–water partition coefficient (Wildman–Crippen LogP) is 4.83. The van der Waals surface area contributed by atoms with Crippen LogP contribution < -0.4 is 4.74 Å². The zero-order valence-corrected chi connectivity index (χ0v) is 12.5. The van der Waals surface area contributed by atoms with E-state index in [1.807, 2.05) is 0 Å². The van der Waals surface area contributed by atoms with Crippen molar-refractivity contribution in [1.29, 1.82) is 0 Å². The molecule has 0 saturated heterocycles. The molecule has 2 rings (SSSR count). The fourth-order valence-corrected chi connectivity index (χ4v) is 1.89. The van der Waals surface area contributed by atoms with Gasteiger partial charge in [0.25, 0.3) is 0 Å². The smallest absolute Gasteiger partial charge is 0.321 e. The number of hydrogen-bond donors (Lipinski definition) is 0. The Kier molecular flexibility index (Phi) is 4.30. The van der Waals surface area contributed by atoms with Crippen LogP contribution in [0.25, 0.3) is 0 Å². The second-order valence-corrected chi connectivity index (χ2v) is 5.45. The van der Waals surface area contributed by atoms with Crippen LogP contribution >= 0.6 is 57.4 Å². The van der Waals surface area contributed by atoms with Gasteiger partial charge in [-0.2, -0.15) is 0 Å². The third kappa shape index (κ3) is 3.34. The maximum Gasteiger partial charge on any atom is 0.321 e. The first-order valence-electron chi connectivity index (χ1n) is 4.36. The highest BCUT2D eigenvalue weighted by molar-refractivity contribution is 14.1. The summed E-state index contributed by atoms with van der Waals surface area (Å²) in [6.07, 6.45) is 3.27. The van der Waals surface area contributed by atoms with E-state index in [1.54, 1.807) is 12.4 Å². The van der Waals surface area contributed by atoms with Crippen molar-refractivity contribution >= 4 is 57.4 Å². The van der Waals surface area contributed by atoms with Crippen molar-refractivity contribution in [1.82, 2.24) is 9.97 Å². The van der Waals surface area contributed by atoms with Crippen LogP contribution in [-0.2, 0) is 0 Å². The molecule has 17 heavy (non-hydrogen) atoms. The molecule has 0 spiro atoms.